The van der Waals surface area contributed by atoms with Gasteiger partial charge in [-0.2, -0.15) is 0 Å². The summed E-state index contributed by atoms with van der Waals surface area (Å²) in [5.41, 5.74) is 0.742. The normalized spacial score (nSPS) is 13.1. The van der Waals surface area contributed by atoms with E-state index >= 15 is 0 Å². The third-order valence-corrected chi connectivity index (χ3v) is 2.46. The van der Waals surface area contributed by atoms with Crippen molar-refractivity contribution < 1.29 is 14.6 Å². The van der Waals surface area contributed by atoms with Crippen LogP contribution in [0.15, 0.2) is 18.2 Å². The first-order valence-corrected chi connectivity index (χ1v) is 5.37. The minimum absolute atomic E-state index is 0.198. The maximum atomic E-state index is 13.0. The van der Waals surface area contributed by atoms with Crippen molar-refractivity contribution in [1.29, 1.82) is 0 Å². The molecule has 0 radical (unpaired) electrons. The van der Waals surface area contributed by atoms with Gasteiger partial charge < -0.3 is 15.5 Å². The molecule has 1 rings (SSSR count). The number of aromatic hydroxyl groups is 1. The van der Waals surface area contributed by atoms with E-state index in [-0.39, 0.29) is 11.7 Å². The Kier molecular flexibility index (Phi) is 4.71. The van der Waals surface area contributed by atoms with E-state index in [2.05, 4.69) is 5.32 Å². The summed E-state index contributed by atoms with van der Waals surface area (Å²) in [5.74, 6) is -0.765. The van der Waals surface area contributed by atoms with Crippen LogP contribution in [0.5, 0.6) is 5.75 Å². The molecule has 0 bridgehead atoms. The predicted molar refractivity (Wildman–Crippen MR) is 60.6 cm³/mol. The standard InChI is InChI=1S/C12H18FNO2/c1-8(2)12(16)7-14-6-9-3-4-11(15)10(13)5-9/h3-5,8,12,14-16H,6-7H2,1-2H3. The van der Waals surface area contributed by atoms with Gasteiger partial charge in [-0.3, -0.25) is 0 Å². The molecule has 0 aliphatic heterocycles. The Bertz CT molecular complexity index is 342. The van der Waals surface area contributed by atoms with E-state index in [1.165, 1.54) is 12.1 Å². The van der Waals surface area contributed by atoms with Gasteiger partial charge in [0.1, 0.15) is 0 Å². The lowest BCUT2D eigenvalue weighted by molar-refractivity contribution is 0.123. The number of aliphatic hydroxyl groups is 1. The molecule has 0 aliphatic rings. The Balaban J connectivity index is 2.40. The van der Waals surface area contributed by atoms with E-state index in [0.29, 0.717) is 13.1 Å². The summed E-state index contributed by atoms with van der Waals surface area (Å²) < 4.78 is 13.0. The third kappa shape index (κ3) is 3.79. The fourth-order valence-corrected chi connectivity index (χ4v) is 1.26. The second-order valence-electron chi connectivity index (χ2n) is 4.23. The van der Waals surface area contributed by atoms with Crippen LogP contribution >= 0.6 is 0 Å². The lowest BCUT2D eigenvalue weighted by atomic mass is 10.1. The Morgan fingerprint density at radius 1 is 1.38 bits per heavy atom. The highest BCUT2D eigenvalue weighted by molar-refractivity contribution is 5.27. The van der Waals surface area contributed by atoms with E-state index in [1.54, 1.807) is 6.07 Å². The average Bonchev–Trinajstić information content (AvgIpc) is 2.23. The quantitative estimate of drug-likeness (QED) is 0.716. The summed E-state index contributed by atoms with van der Waals surface area (Å²) >= 11 is 0. The molecule has 1 unspecified atom stereocenters. The molecule has 0 heterocycles. The van der Waals surface area contributed by atoms with Crippen LogP contribution in [0.25, 0.3) is 0 Å². The molecular formula is C12H18FNO2. The topological polar surface area (TPSA) is 52.5 Å². The number of rotatable bonds is 5. The van der Waals surface area contributed by atoms with Gasteiger partial charge in [-0.1, -0.05) is 19.9 Å². The number of aliphatic hydroxyl groups excluding tert-OH is 1. The van der Waals surface area contributed by atoms with Crippen molar-refractivity contribution in [3.05, 3.63) is 29.6 Å². The molecule has 0 aromatic heterocycles. The molecule has 0 fully saturated rings. The molecule has 0 spiro atoms. The van der Waals surface area contributed by atoms with Gasteiger partial charge in [0.25, 0.3) is 0 Å². The second kappa shape index (κ2) is 5.82. The number of nitrogens with one attached hydrogen (secondary N) is 1. The first-order valence-electron chi connectivity index (χ1n) is 5.37. The summed E-state index contributed by atoms with van der Waals surface area (Å²) in [6.07, 6.45) is -0.401. The van der Waals surface area contributed by atoms with Crippen LogP contribution in [0.4, 0.5) is 4.39 Å². The number of phenols is 1. The van der Waals surface area contributed by atoms with Gasteiger partial charge in [0, 0.05) is 13.1 Å². The summed E-state index contributed by atoms with van der Waals surface area (Å²) in [7, 11) is 0. The third-order valence-electron chi connectivity index (χ3n) is 2.46. The average molecular weight is 227 g/mol. The first kappa shape index (κ1) is 12.9. The molecule has 1 atom stereocenters. The van der Waals surface area contributed by atoms with Crippen LogP contribution in [0.3, 0.4) is 0 Å². The predicted octanol–water partition coefficient (Wildman–Crippen LogP) is 1.64. The molecule has 3 nitrogen and oxygen atoms in total. The zero-order valence-corrected chi connectivity index (χ0v) is 9.57. The van der Waals surface area contributed by atoms with E-state index in [1.807, 2.05) is 13.8 Å². The number of phenolic OH excluding ortho intramolecular Hbond substituents is 1. The van der Waals surface area contributed by atoms with Gasteiger partial charge in [0.2, 0.25) is 0 Å². The SMILES string of the molecule is CC(C)C(O)CNCc1ccc(O)c(F)c1. The molecule has 0 saturated carbocycles. The lowest BCUT2D eigenvalue weighted by Crippen LogP contribution is -2.30. The molecule has 0 amide bonds. The molecule has 90 valence electrons. The molecular weight excluding hydrogens is 209 g/mol. The highest BCUT2D eigenvalue weighted by Crippen LogP contribution is 2.15. The Hall–Kier alpha value is -1.13. The molecule has 16 heavy (non-hydrogen) atoms. The highest BCUT2D eigenvalue weighted by Gasteiger charge is 2.08. The van der Waals surface area contributed by atoms with E-state index in [9.17, 15) is 9.50 Å². The van der Waals surface area contributed by atoms with E-state index in [4.69, 9.17) is 5.11 Å². The highest BCUT2D eigenvalue weighted by atomic mass is 19.1. The maximum Gasteiger partial charge on any atom is 0.165 e. The van der Waals surface area contributed by atoms with Crippen molar-refractivity contribution in [2.24, 2.45) is 5.92 Å². The second-order valence-corrected chi connectivity index (χ2v) is 4.23. The van der Waals surface area contributed by atoms with E-state index in [0.717, 1.165) is 5.56 Å². The van der Waals surface area contributed by atoms with Crippen LogP contribution in [0.2, 0.25) is 0 Å². The fourth-order valence-electron chi connectivity index (χ4n) is 1.26. The Morgan fingerprint density at radius 2 is 2.06 bits per heavy atom. The fraction of sp³-hybridized carbons (Fsp3) is 0.500. The molecule has 4 heteroatoms. The van der Waals surface area contributed by atoms with Crippen molar-refractivity contribution in [2.45, 2.75) is 26.5 Å². The number of halogens is 1. The van der Waals surface area contributed by atoms with E-state index < -0.39 is 11.9 Å². The van der Waals surface area contributed by atoms with Crippen molar-refractivity contribution in [3.8, 4) is 5.75 Å². The Labute approximate surface area is 94.9 Å². The number of benzene rings is 1. The van der Waals surface area contributed by atoms with Crippen LogP contribution in [-0.4, -0.2) is 22.9 Å². The minimum atomic E-state index is -0.622. The lowest BCUT2D eigenvalue weighted by Gasteiger charge is -2.15. The van der Waals surface area contributed by atoms with Gasteiger partial charge in [-0.25, -0.2) is 4.39 Å². The van der Waals surface area contributed by atoms with Crippen LogP contribution < -0.4 is 5.32 Å². The smallest absolute Gasteiger partial charge is 0.165 e. The summed E-state index contributed by atoms with van der Waals surface area (Å²) in [6, 6.07) is 4.25. The van der Waals surface area contributed by atoms with Crippen LogP contribution in [0.1, 0.15) is 19.4 Å². The van der Waals surface area contributed by atoms with Crippen molar-refractivity contribution >= 4 is 0 Å². The molecule has 1 aromatic rings. The molecule has 0 saturated heterocycles. The number of hydrogen-bond donors (Lipinski definition) is 3. The zero-order valence-electron chi connectivity index (χ0n) is 9.57. The zero-order chi connectivity index (χ0) is 12.1. The van der Waals surface area contributed by atoms with Gasteiger partial charge in [-0.05, 0) is 23.6 Å². The largest absolute Gasteiger partial charge is 0.505 e. The van der Waals surface area contributed by atoms with Crippen LogP contribution in [0, 0.1) is 11.7 Å². The monoisotopic (exact) mass is 227 g/mol. The minimum Gasteiger partial charge on any atom is -0.505 e. The van der Waals surface area contributed by atoms with Crippen LogP contribution in [-0.2, 0) is 6.54 Å². The summed E-state index contributed by atoms with van der Waals surface area (Å²) in [6.45, 7) is 4.82. The van der Waals surface area contributed by atoms with Gasteiger partial charge in [0.15, 0.2) is 11.6 Å². The van der Waals surface area contributed by atoms with Crippen molar-refractivity contribution in [1.82, 2.24) is 5.32 Å². The summed E-state index contributed by atoms with van der Waals surface area (Å²) in [5, 5.41) is 21.6. The van der Waals surface area contributed by atoms with Gasteiger partial charge >= 0.3 is 0 Å². The number of hydrogen-bond acceptors (Lipinski definition) is 3. The first-order chi connectivity index (χ1) is 7.50. The van der Waals surface area contributed by atoms with Crippen molar-refractivity contribution in [2.75, 3.05) is 6.54 Å². The maximum absolute atomic E-state index is 13.0. The molecule has 0 aliphatic carbocycles. The molecule has 1 aromatic carbocycles. The van der Waals surface area contributed by atoms with Gasteiger partial charge in [0.05, 0.1) is 6.10 Å². The van der Waals surface area contributed by atoms with Gasteiger partial charge in [-0.15, -0.1) is 0 Å². The molecule has 3 N–H and O–H groups in total. The van der Waals surface area contributed by atoms with Crippen molar-refractivity contribution in [3.63, 3.8) is 0 Å². The summed E-state index contributed by atoms with van der Waals surface area (Å²) in [4.78, 5) is 0. The Morgan fingerprint density at radius 3 is 2.62 bits per heavy atom.